The SMILES string of the molecule is OCC1(Nc2cncc(Cl)n2)CCCC1. The van der Waals surface area contributed by atoms with Gasteiger partial charge in [-0.3, -0.25) is 4.98 Å². The third-order valence-corrected chi connectivity index (χ3v) is 3.04. The summed E-state index contributed by atoms with van der Waals surface area (Å²) >= 11 is 5.74. The number of aliphatic hydroxyl groups excluding tert-OH is 1. The monoisotopic (exact) mass is 227 g/mol. The smallest absolute Gasteiger partial charge is 0.149 e. The maximum atomic E-state index is 9.40. The lowest BCUT2D eigenvalue weighted by Gasteiger charge is -2.28. The summed E-state index contributed by atoms with van der Waals surface area (Å²) in [6.45, 7) is 0.126. The second-order valence-electron chi connectivity index (χ2n) is 4.00. The van der Waals surface area contributed by atoms with Crippen molar-refractivity contribution in [1.29, 1.82) is 0 Å². The van der Waals surface area contributed by atoms with Gasteiger partial charge in [0.05, 0.1) is 24.5 Å². The van der Waals surface area contributed by atoms with E-state index in [0.717, 1.165) is 25.7 Å². The highest BCUT2D eigenvalue weighted by molar-refractivity contribution is 6.29. The summed E-state index contributed by atoms with van der Waals surface area (Å²) in [5.41, 5.74) is -0.223. The summed E-state index contributed by atoms with van der Waals surface area (Å²) < 4.78 is 0. The van der Waals surface area contributed by atoms with Crippen LogP contribution in [0.4, 0.5) is 5.82 Å². The number of aromatic nitrogens is 2. The summed E-state index contributed by atoms with van der Waals surface area (Å²) in [7, 11) is 0. The topological polar surface area (TPSA) is 58.0 Å². The quantitative estimate of drug-likeness (QED) is 0.828. The van der Waals surface area contributed by atoms with E-state index in [4.69, 9.17) is 11.6 Å². The van der Waals surface area contributed by atoms with Gasteiger partial charge in [-0.25, -0.2) is 4.98 Å². The lowest BCUT2D eigenvalue weighted by atomic mass is 9.99. The fourth-order valence-electron chi connectivity index (χ4n) is 2.05. The number of aliphatic hydroxyl groups is 1. The molecule has 0 aliphatic heterocycles. The van der Waals surface area contributed by atoms with Crippen molar-refractivity contribution >= 4 is 17.4 Å². The summed E-state index contributed by atoms with van der Waals surface area (Å²) in [4.78, 5) is 8.06. The van der Waals surface area contributed by atoms with Gasteiger partial charge in [-0.2, -0.15) is 0 Å². The molecule has 0 atom stereocenters. The van der Waals surface area contributed by atoms with Crippen molar-refractivity contribution in [1.82, 2.24) is 9.97 Å². The second kappa shape index (κ2) is 4.33. The summed E-state index contributed by atoms with van der Waals surface area (Å²) in [6.07, 6.45) is 7.34. The zero-order valence-electron chi connectivity index (χ0n) is 8.41. The predicted octanol–water partition coefficient (Wildman–Crippen LogP) is 1.85. The van der Waals surface area contributed by atoms with E-state index in [-0.39, 0.29) is 12.1 Å². The Kier molecular flexibility index (Phi) is 3.07. The summed E-state index contributed by atoms with van der Waals surface area (Å²) in [6, 6.07) is 0. The molecule has 0 saturated heterocycles. The number of anilines is 1. The van der Waals surface area contributed by atoms with Crippen molar-refractivity contribution in [3.8, 4) is 0 Å². The van der Waals surface area contributed by atoms with Gasteiger partial charge in [-0.15, -0.1) is 0 Å². The van der Waals surface area contributed by atoms with Gasteiger partial charge in [-0.1, -0.05) is 24.4 Å². The number of hydrogen-bond acceptors (Lipinski definition) is 4. The first kappa shape index (κ1) is 10.6. The van der Waals surface area contributed by atoms with Crippen LogP contribution in [0.5, 0.6) is 0 Å². The van der Waals surface area contributed by atoms with Gasteiger partial charge < -0.3 is 10.4 Å². The molecule has 1 aromatic heterocycles. The molecule has 4 nitrogen and oxygen atoms in total. The molecule has 1 aromatic rings. The highest BCUT2D eigenvalue weighted by atomic mass is 35.5. The molecule has 0 amide bonds. The Morgan fingerprint density at radius 3 is 2.73 bits per heavy atom. The van der Waals surface area contributed by atoms with E-state index in [2.05, 4.69) is 15.3 Å². The van der Waals surface area contributed by atoms with Crippen molar-refractivity contribution in [3.05, 3.63) is 17.5 Å². The lowest BCUT2D eigenvalue weighted by Crippen LogP contribution is -2.39. The molecule has 15 heavy (non-hydrogen) atoms. The first-order valence-electron chi connectivity index (χ1n) is 5.11. The first-order chi connectivity index (χ1) is 7.24. The minimum Gasteiger partial charge on any atom is -0.394 e. The van der Waals surface area contributed by atoms with Crippen LogP contribution >= 0.6 is 11.6 Å². The van der Waals surface area contributed by atoms with E-state index in [1.165, 1.54) is 6.20 Å². The lowest BCUT2D eigenvalue weighted by molar-refractivity contribution is 0.214. The Balaban J connectivity index is 2.12. The molecule has 1 fully saturated rings. The molecule has 0 unspecified atom stereocenters. The average molecular weight is 228 g/mol. The molecule has 82 valence electrons. The molecule has 1 heterocycles. The Bertz CT molecular complexity index is 339. The Morgan fingerprint density at radius 1 is 1.40 bits per heavy atom. The number of nitrogens with one attached hydrogen (secondary N) is 1. The van der Waals surface area contributed by atoms with Gasteiger partial charge in [-0.05, 0) is 12.8 Å². The number of hydrogen-bond donors (Lipinski definition) is 2. The van der Waals surface area contributed by atoms with Crippen LogP contribution in [0.15, 0.2) is 12.4 Å². The van der Waals surface area contributed by atoms with E-state index in [1.54, 1.807) is 6.20 Å². The van der Waals surface area contributed by atoms with Crippen molar-refractivity contribution in [2.45, 2.75) is 31.2 Å². The molecular formula is C10H14ClN3O. The molecule has 0 radical (unpaired) electrons. The van der Waals surface area contributed by atoms with Gasteiger partial charge in [0.1, 0.15) is 11.0 Å². The fraction of sp³-hybridized carbons (Fsp3) is 0.600. The van der Waals surface area contributed by atoms with Crippen LogP contribution in [0.2, 0.25) is 5.15 Å². The molecular weight excluding hydrogens is 214 g/mol. The summed E-state index contributed by atoms with van der Waals surface area (Å²) in [5, 5.41) is 13.0. The molecule has 0 aromatic carbocycles. The first-order valence-corrected chi connectivity index (χ1v) is 5.48. The molecule has 2 rings (SSSR count). The zero-order chi connectivity index (χ0) is 10.7. The number of nitrogens with zero attached hydrogens (tertiary/aromatic N) is 2. The molecule has 0 bridgehead atoms. The van der Waals surface area contributed by atoms with Crippen LogP contribution in [0.25, 0.3) is 0 Å². The third kappa shape index (κ3) is 2.38. The van der Waals surface area contributed by atoms with Crippen LogP contribution in [0.3, 0.4) is 0 Å². The van der Waals surface area contributed by atoms with Gasteiger partial charge in [0.2, 0.25) is 0 Å². The van der Waals surface area contributed by atoms with Crippen LogP contribution in [0, 0.1) is 0 Å². The Morgan fingerprint density at radius 2 is 2.13 bits per heavy atom. The summed E-state index contributed by atoms with van der Waals surface area (Å²) in [5.74, 6) is 0.637. The van der Waals surface area contributed by atoms with Crippen molar-refractivity contribution in [3.63, 3.8) is 0 Å². The van der Waals surface area contributed by atoms with E-state index in [1.807, 2.05) is 0 Å². The highest BCUT2D eigenvalue weighted by Crippen LogP contribution is 2.32. The second-order valence-corrected chi connectivity index (χ2v) is 4.38. The standard InChI is InChI=1S/C10H14ClN3O/c11-8-5-12-6-9(13-8)14-10(7-15)3-1-2-4-10/h5-6,15H,1-4,7H2,(H,13,14). The van der Waals surface area contributed by atoms with Crippen molar-refractivity contribution in [2.75, 3.05) is 11.9 Å². The molecule has 1 aliphatic rings. The number of halogens is 1. The van der Waals surface area contributed by atoms with Gasteiger partial charge in [0.25, 0.3) is 0 Å². The minimum atomic E-state index is -0.223. The van der Waals surface area contributed by atoms with E-state index >= 15 is 0 Å². The van der Waals surface area contributed by atoms with Crippen molar-refractivity contribution in [2.24, 2.45) is 0 Å². The van der Waals surface area contributed by atoms with Gasteiger partial charge >= 0.3 is 0 Å². The van der Waals surface area contributed by atoms with Crippen LogP contribution in [-0.2, 0) is 0 Å². The largest absolute Gasteiger partial charge is 0.394 e. The van der Waals surface area contributed by atoms with Crippen LogP contribution < -0.4 is 5.32 Å². The third-order valence-electron chi connectivity index (χ3n) is 2.86. The molecule has 2 N–H and O–H groups in total. The number of rotatable bonds is 3. The average Bonchev–Trinajstić information content (AvgIpc) is 2.67. The fourth-order valence-corrected chi connectivity index (χ4v) is 2.20. The molecule has 1 aliphatic carbocycles. The van der Waals surface area contributed by atoms with E-state index in [0.29, 0.717) is 11.0 Å². The minimum absolute atomic E-state index is 0.126. The van der Waals surface area contributed by atoms with E-state index < -0.39 is 0 Å². The van der Waals surface area contributed by atoms with Gasteiger partial charge in [0, 0.05) is 0 Å². The normalized spacial score (nSPS) is 19.1. The molecule has 1 saturated carbocycles. The maximum absolute atomic E-state index is 9.40. The van der Waals surface area contributed by atoms with Crippen molar-refractivity contribution < 1.29 is 5.11 Å². The van der Waals surface area contributed by atoms with Crippen LogP contribution in [0.1, 0.15) is 25.7 Å². The predicted molar refractivity (Wildman–Crippen MR) is 58.9 cm³/mol. The molecule has 0 spiro atoms. The highest BCUT2D eigenvalue weighted by Gasteiger charge is 2.33. The molecule has 5 heteroatoms. The van der Waals surface area contributed by atoms with Gasteiger partial charge in [0.15, 0.2) is 0 Å². The Hall–Kier alpha value is -0.870. The Labute approximate surface area is 93.7 Å². The zero-order valence-corrected chi connectivity index (χ0v) is 9.17. The van der Waals surface area contributed by atoms with E-state index in [9.17, 15) is 5.11 Å². The maximum Gasteiger partial charge on any atom is 0.149 e. The van der Waals surface area contributed by atoms with Crippen LogP contribution in [-0.4, -0.2) is 27.2 Å².